The molecular weight excluding hydrogens is 214 g/mol. The van der Waals surface area contributed by atoms with E-state index in [-0.39, 0.29) is 6.04 Å². The molecule has 4 heteroatoms. The molecule has 2 heterocycles. The van der Waals surface area contributed by atoms with Gasteiger partial charge in [-0.3, -0.25) is 4.68 Å². The summed E-state index contributed by atoms with van der Waals surface area (Å²) in [5.74, 6) is 1.93. The number of hydrogen-bond acceptors (Lipinski definition) is 3. The van der Waals surface area contributed by atoms with Gasteiger partial charge in [-0.1, -0.05) is 0 Å². The van der Waals surface area contributed by atoms with E-state index in [4.69, 9.17) is 4.42 Å². The Morgan fingerprint density at radius 1 is 1.41 bits per heavy atom. The molecule has 0 amide bonds. The van der Waals surface area contributed by atoms with Gasteiger partial charge in [-0.05, 0) is 32.9 Å². The molecule has 2 aromatic rings. The van der Waals surface area contributed by atoms with E-state index in [2.05, 4.69) is 17.3 Å². The summed E-state index contributed by atoms with van der Waals surface area (Å²) in [7, 11) is 1.94. The summed E-state index contributed by atoms with van der Waals surface area (Å²) in [6.45, 7) is 6.89. The third-order valence-corrected chi connectivity index (χ3v) is 2.90. The minimum Gasteiger partial charge on any atom is -0.465 e. The molecule has 1 atom stereocenters. The van der Waals surface area contributed by atoms with Crippen LogP contribution < -0.4 is 5.32 Å². The summed E-state index contributed by atoms with van der Waals surface area (Å²) in [4.78, 5) is 0. The summed E-state index contributed by atoms with van der Waals surface area (Å²) >= 11 is 0. The lowest BCUT2D eigenvalue weighted by Gasteiger charge is -2.10. The van der Waals surface area contributed by atoms with Crippen molar-refractivity contribution in [2.45, 2.75) is 33.4 Å². The van der Waals surface area contributed by atoms with Gasteiger partial charge in [-0.25, -0.2) is 0 Å². The minimum absolute atomic E-state index is 0.211. The maximum absolute atomic E-state index is 5.59. The lowest BCUT2D eigenvalue weighted by Crippen LogP contribution is -2.17. The summed E-state index contributed by atoms with van der Waals surface area (Å²) in [5, 5.41) is 7.75. The summed E-state index contributed by atoms with van der Waals surface area (Å²) < 4.78 is 7.43. The lowest BCUT2D eigenvalue weighted by molar-refractivity contribution is 0.415. The number of hydrogen-bond donors (Lipinski definition) is 1. The quantitative estimate of drug-likeness (QED) is 0.882. The van der Waals surface area contributed by atoms with Gasteiger partial charge in [0.15, 0.2) is 0 Å². The first kappa shape index (κ1) is 11.9. The van der Waals surface area contributed by atoms with Crippen LogP contribution in [0.1, 0.15) is 35.7 Å². The first-order valence-electron chi connectivity index (χ1n) is 5.85. The normalized spacial score (nSPS) is 12.9. The van der Waals surface area contributed by atoms with Gasteiger partial charge >= 0.3 is 0 Å². The Kier molecular flexibility index (Phi) is 3.33. The van der Waals surface area contributed by atoms with E-state index < -0.39 is 0 Å². The van der Waals surface area contributed by atoms with Crippen molar-refractivity contribution in [3.05, 3.63) is 41.1 Å². The topological polar surface area (TPSA) is 43.0 Å². The van der Waals surface area contributed by atoms with E-state index in [0.29, 0.717) is 0 Å². The number of rotatable bonds is 4. The van der Waals surface area contributed by atoms with Crippen LogP contribution in [0.5, 0.6) is 0 Å². The number of nitrogens with zero attached hydrogens (tertiary/aromatic N) is 2. The molecule has 2 rings (SSSR count). The van der Waals surface area contributed by atoms with E-state index in [0.717, 1.165) is 23.8 Å². The molecule has 0 spiro atoms. The van der Waals surface area contributed by atoms with Gasteiger partial charge in [0.1, 0.15) is 11.5 Å². The zero-order valence-corrected chi connectivity index (χ0v) is 10.8. The molecule has 4 nitrogen and oxygen atoms in total. The smallest absolute Gasteiger partial charge is 0.120 e. The number of aryl methyl sites for hydroxylation is 3. The van der Waals surface area contributed by atoms with Crippen molar-refractivity contribution in [3.8, 4) is 0 Å². The van der Waals surface area contributed by atoms with Crippen LogP contribution in [-0.4, -0.2) is 9.78 Å². The largest absolute Gasteiger partial charge is 0.465 e. The third kappa shape index (κ3) is 2.77. The Morgan fingerprint density at radius 2 is 2.18 bits per heavy atom. The number of nitrogens with one attached hydrogen (secondary N) is 1. The van der Waals surface area contributed by atoms with Crippen LogP contribution in [-0.2, 0) is 13.6 Å². The van der Waals surface area contributed by atoms with Crippen molar-refractivity contribution < 1.29 is 4.42 Å². The molecule has 0 saturated carbocycles. The van der Waals surface area contributed by atoms with Crippen molar-refractivity contribution in [3.63, 3.8) is 0 Å². The van der Waals surface area contributed by atoms with Gasteiger partial charge in [0, 0.05) is 25.4 Å². The van der Waals surface area contributed by atoms with E-state index >= 15 is 0 Å². The average Bonchev–Trinajstić information content (AvgIpc) is 2.82. The molecule has 2 aromatic heterocycles. The van der Waals surface area contributed by atoms with Crippen LogP contribution in [0.3, 0.4) is 0 Å². The fourth-order valence-electron chi connectivity index (χ4n) is 1.87. The Morgan fingerprint density at radius 3 is 2.71 bits per heavy atom. The SMILES string of the molecule is Cc1ccc(C(C)NCc2cn(C)nc2C)o1. The van der Waals surface area contributed by atoms with Crippen LogP contribution in [0.4, 0.5) is 0 Å². The first-order valence-corrected chi connectivity index (χ1v) is 5.85. The Bertz CT molecular complexity index is 498. The van der Waals surface area contributed by atoms with Crippen molar-refractivity contribution in [1.82, 2.24) is 15.1 Å². The van der Waals surface area contributed by atoms with Crippen molar-refractivity contribution in [2.75, 3.05) is 0 Å². The maximum atomic E-state index is 5.59. The lowest BCUT2D eigenvalue weighted by atomic mass is 10.2. The second-order valence-corrected chi connectivity index (χ2v) is 4.46. The summed E-state index contributed by atoms with van der Waals surface area (Å²) in [6.07, 6.45) is 2.04. The predicted molar refractivity (Wildman–Crippen MR) is 66.6 cm³/mol. The first-order chi connectivity index (χ1) is 8.06. The molecular formula is C13H19N3O. The molecule has 0 aliphatic rings. The molecule has 17 heavy (non-hydrogen) atoms. The van der Waals surface area contributed by atoms with Crippen molar-refractivity contribution in [2.24, 2.45) is 7.05 Å². The average molecular weight is 233 g/mol. The second-order valence-electron chi connectivity index (χ2n) is 4.46. The van der Waals surface area contributed by atoms with Gasteiger partial charge in [0.05, 0.1) is 11.7 Å². The molecule has 0 aliphatic carbocycles. The Labute approximate surface area is 102 Å². The van der Waals surface area contributed by atoms with E-state index in [9.17, 15) is 0 Å². The molecule has 92 valence electrons. The zero-order valence-electron chi connectivity index (χ0n) is 10.8. The van der Waals surface area contributed by atoms with E-state index in [1.165, 1.54) is 5.56 Å². The number of aromatic nitrogens is 2. The van der Waals surface area contributed by atoms with Crippen LogP contribution >= 0.6 is 0 Å². The van der Waals surface area contributed by atoms with Gasteiger partial charge in [0.2, 0.25) is 0 Å². The third-order valence-electron chi connectivity index (χ3n) is 2.90. The molecule has 1 unspecified atom stereocenters. The summed E-state index contributed by atoms with van der Waals surface area (Å²) in [5.41, 5.74) is 2.30. The molecule has 0 fully saturated rings. The highest BCUT2D eigenvalue weighted by Gasteiger charge is 2.10. The maximum Gasteiger partial charge on any atom is 0.120 e. The van der Waals surface area contributed by atoms with Crippen LogP contribution in [0, 0.1) is 13.8 Å². The minimum atomic E-state index is 0.211. The highest BCUT2D eigenvalue weighted by atomic mass is 16.3. The van der Waals surface area contributed by atoms with E-state index in [1.54, 1.807) is 0 Å². The summed E-state index contributed by atoms with van der Waals surface area (Å²) in [6, 6.07) is 4.22. The molecule has 1 N–H and O–H groups in total. The molecule has 0 bridgehead atoms. The number of furan rings is 1. The van der Waals surface area contributed by atoms with Gasteiger partial charge in [0.25, 0.3) is 0 Å². The second kappa shape index (κ2) is 4.75. The molecule has 0 radical (unpaired) electrons. The Balaban J connectivity index is 1.96. The predicted octanol–water partition coefficient (Wildman–Crippen LogP) is 2.48. The standard InChI is InChI=1S/C13H19N3O/c1-9-5-6-13(17-9)11(3)14-7-12-8-16(4)15-10(12)2/h5-6,8,11,14H,7H2,1-4H3. The Hall–Kier alpha value is -1.55. The van der Waals surface area contributed by atoms with Crippen molar-refractivity contribution in [1.29, 1.82) is 0 Å². The van der Waals surface area contributed by atoms with Gasteiger partial charge in [-0.2, -0.15) is 5.10 Å². The van der Waals surface area contributed by atoms with Crippen LogP contribution in [0.15, 0.2) is 22.7 Å². The van der Waals surface area contributed by atoms with E-state index in [1.807, 2.05) is 43.9 Å². The van der Waals surface area contributed by atoms with Crippen LogP contribution in [0.2, 0.25) is 0 Å². The van der Waals surface area contributed by atoms with Crippen molar-refractivity contribution >= 4 is 0 Å². The fraction of sp³-hybridized carbons (Fsp3) is 0.462. The molecule has 0 aromatic carbocycles. The highest BCUT2D eigenvalue weighted by molar-refractivity contribution is 5.16. The van der Waals surface area contributed by atoms with Gasteiger partial charge in [-0.15, -0.1) is 0 Å². The fourth-order valence-corrected chi connectivity index (χ4v) is 1.87. The highest BCUT2D eigenvalue weighted by Crippen LogP contribution is 2.16. The van der Waals surface area contributed by atoms with Crippen LogP contribution in [0.25, 0.3) is 0 Å². The molecule has 0 aliphatic heterocycles. The molecule has 0 saturated heterocycles. The zero-order chi connectivity index (χ0) is 12.4. The van der Waals surface area contributed by atoms with Gasteiger partial charge < -0.3 is 9.73 Å². The monoisotopic (exact) mass is 233 g/mol.